The maximum atomic E-state index is 10.8. The number of hydrogen-bond acceptors (Lipinski definition) is 4. The van der Waals surface area contributed by atoms with E-state index in [9.17, 15) is 15.3 Å². The Bertz CT molecular complexity index is 901. The fourth-order valence-electron chi connectivity index (χ4n) is 3.91. The number of allylic oxidation sites excluding steroid dienone is 3. The number of benzene rings is 1. The number of phenols is 2. The van der Waals surface area contributed by atoms with Crippen molar-refractivity contribution < 1.29 is 15.3 Å². The maximum Gasteiger partial charge on any atom is 0.123 e. The number of aromatic nitrogens is 2. The van der Waals surface area contributed by atoms with Crippen molar-refractivity contribution in [2.75, 3.05) is 6.61 Å². The fraction of sp³-hybridized carbons (Fsp3) is 0.435. The molecule has 0 saturated heterocycles. The molecule has 1 aliphatic rings. The van der Waals surface area contributed by atoms with Crippen molar-refractivity contribution in [2.45, 2.75) is 52.0 Å². The maximum absolute atomic E-state index is 10.8. The fourth-order valence-corrected chi connectivity index (χ4v) is 3.91. The van der Waals surface area contributed by atoms with Gasteiger partial charge in [-0.15, -0.1) is 0 Å². The zero-order chi connectivity index (χ0) is 20.6. The first-order valence-electron chi connectivity index (χ1n) is 9.69. The minimum Gasteiger partial charge on any atom is -0.507 e. The van der Waals surface area contributed by atoms with Crippen molar-refractivity contribution in [2.24, 2.45) is 5.92 Å². The molecule has 2 aromatic rings. The highest BCUT2D eigenvalue weighted by atomic mass is 16.3. The summed E-state index contributed by atoms with van der Waals surface area (Å²) in [6, 6.07) is 3.35. The summed E-state index contributed by atoms with van der Waals surface area (Å²) >= 11 is 0. The summed E-state index contributed by atoms with van der Waals surface area (Å²) in [7, 11) is 0. The molecular weight excluding hydrogens is 352 g/mol. The molecule has 3 N–H and O–H groups in total. The van der Waals surface area contributed by atoms with Gasteiger partial charge < -0.3 is 15.3 Å². The predicted molar refractivity (Wildman–Crippen MR) is 111 cm³/mol. The van der Waals surface area contributed by atoms with Gasteiger partial charge in [0.15, 0.2) is 0 Å². The molecule has 1 aromatic heterocycles. The lowest BCUT2D eigenvalue weighted by Gasteiger charge is -2.31. The van der Waals surface area contributed by atoms with Gasteiger partial charge in [-0.25, -0.2) is 0 Å². The number of hydrogen-bond donors (Lipinski definition) is 3. The predicted octanol–water partition coefficient (Wildman–Crippen LogP) is 4.70. The molecule has 2 atom stereocenters. The van der Waals surface area contributed by atoms with E-state index < -0.39 is 5.54 Å². The van der Waals surface area contributed by atoms with Gasteiger partial charge in [-0.05, 0) is 64.2 Å². The Kier molecular flexibility index (Phi) is 5.39. The Labute approximate surface area is 166 Å². The van der Waals surface area contributed by atoms with E-state index in [0.29, 0.717) is 11.1 Å². The third-order valence-electron chi connectivity index (χ3n) is 5.77. The molecule has 0 bridgehead atoms. The van der Waals surface area contributed by atoms with Crippen LogP contribution in [0.15, 0.2) is 48.3 Å². The van der Waals surface area contributed by atoms with Crippen molar-refractivity contribution in [3.8, 4) is 22.6 Å². The van der Waals surface area contributed by atoms with E-state index in [0.717, 1.165) is 24.0 Å². The Morgan fingerprint density at radius 1 is 1.25 bits per heavy atom. The van der Waals surface area contributed by atoms with Crippen LogP contribution in [-0.4, -0.2) is 31.7 Å². The summed E-state index contributed by atoms with van der Waals surface area (Å²) < 4.78 is 1.69. The van der Waals surface area contributed by atoms with Crippen LogP contribution in [0.4, 0.5) is 0 Å². The quantitative estimate of drug-likeness (QED) is 0.655. The molecule has 5 nitrogen and oxygen atoms in total. The molecule has 0 fully saturated rings. The van der Waals surface area contributed by atoms with Gasteiger partial charge in [0.25, 0.3) is 0 Å². The Morgan fingerprint density at radius 2 is 1.89 bits per heavy atom. The van der Waals surface area contributed by atoms with E-state index >= 15 is 0 Å². The third kappa shape index (κ3) is 3.72. The van der Waals surface area contributed by atoms with E-state index in [1.807, 2.05) is 27.0 Å². The smallest absolute Gasteiger partial charge is 0.123 e. The molecular formula is C23H30N2O3. The third-order valence-corrected chi connectivity index (χ3v) is 5.77. The lowest BCUT2D eigenvalue weighted by atomic mass is 9.73. The van der Waals surface area contributed by atoms with Crippen LogP contribution in [0, 0.1) is 5.92 Å². The lowest BCUT2D eigenvalue weighted by Crippen LogP contribution is -2.30. The second-order valence-electron chi connectivity index (χ2n) is 8.60. The van der Waals surface area contributed by atoms with E-state index in [1.165, 1.54) is 5.57 Å². The number of nitrogens with zero attached hydrogens (tertiary/aromatic N) is 2. The van der Waals surface area contributed by atoms with Gasteiger partial charge in [0, 0.05) is 23.2 Å². The first-order chi connectivity index (χ1) is 13.1. The van der Waals surface area contributed by atoms with E-state index in [-0.39, 0.29) is 29.9 Å². The van der Waals surface area contributed by atoms with Crippen LogP contribution >= 0.6 is 0 Å². The van der Waals surface area contributed by atoms with Crippen LogP contribution in [0.1, 0.15) is 52.0 Å². The molecule has 1 aliphatic carbocycles. The molecule has 1 aromatic carbocycles. The summed E-state index contributed by atoms with van der Waals surface area (Å²) in [4.78, 5) is 0. The molecule has 0 unspecified atom stereocenters. The van der Waals surface area contributed by atoms with Crippen molar-refractivity contribution >= 4 is 0 Å². The van der Waals surface area contributed by atoms with Gasteiger partial charge in [0.2, 0.25) is 0 Å². The lowest BCUT2D eigenvalue weighted by molar-refractivity contribution is 0.152. The zero-order valence-electron chi connectivity index (χ0n) is 17.1. The molecule has 1 heterocycles. The van der Waals surface area contributed by atoms with Crippen LogP contribution in [0.3, 0.4) is 0 Å². The number of aliphatic hydroxyl groups is 1. The molecule has 0 spiro atoms. The SMILES string of the molecule is C=C(C)[C@@H]1CCC(C)=C[C@H]1c1c(O)cc(-c2cnn(C(C)(C)CO)c2)cc1O. The summed E-state index contributed by atoms with van der Waals surface area (Å²) in [6.45, 7) is 11.9. The molecule has 0 saturated carbocycles. The van der Waals surface area contributed by atoms with Crippen molar-refractivity contribution in [1.82, 2.24) is 9.78 Å². The van der Waals surface area contributed by atoms with Crippen LogP contribution in [0.25, 0.3) is 11.1 Å². The Hall–Kier alpha value is -2.53. The van der Waals surface area contributed by atoms with E-state index in [1.54, 1.807) is 23.0 Å². The van der Waals surface area contributed by atoms with Gasteiger partial charge in [-0.1, -0.05) is 23.8 Å². The van der Waals surface area contributed by atoms with Crippen LogP contribution in [0.5, 0.6) is 11.5 Å². The topological polar surface area (TPSA) is 78.5 Å². The monoisotopic (exact) mass is 382 g/mol. The average molecular weight is 383 g/mol. The molecule has 3 rings (SSSR count). The van der Waals surface area contributed by atoms with Crippen LogP contribution in [0.2, 0.25) is 0 Å². The van der Waals surface area contributed by atoms with Gasteiger partial charge in [0.1, 0.15) is 11.5 Å². The first kappa shape index (κ1) is 20.2. The zero-order valence-corrected chi connectivity index (χ0v) is 17.1. The minimum atomic E-state index is -0.526. The Morgan fingerprint density at radius 3 is 2.46 bits per heavy atom. The second kappa shape index (κ2) is 7.47. The summed E-state index contributed by atoms with van der Waals surface area (Å²) in [6.07, 6.45) is 7.59. The summed E-state index contributed by atoms with van der Waals surface area (Å²) in [5.74, 6) is 0.258. The molecule has 0 amide bonds. The van der Waals surface area contributed by atoms with Gasteiger partial charge >= 0.3 is 0 Å². The molecule has 0 radical (unpaired) electrons. The molecule has 28 heavy (non-hydrogen) atoms. The molecule has 5 heteroatoms. The average Bonchev–Trinajstić information content (AvgIpc) is 3.12. The van der Waals surface area contributed by atoms with Gasteiger partial charge in [-0.2, -0.15) is 5.10 Å². The summed E-state index contributed by atoms with van der Waals surface area (Å²) in [5, 5.41) is 35.5. The standard InChI is InChI=1S/C23H30N2O3/c1-14(2)18-7-6-15(3)8-19(18)22-20(27)9-16(10-21(22)28)17-11-24-25(12-17)23(4,5)13-26/h8-12,18-19,26-28H,1,6-7,13H2,2-5H3/t18-,19+/m0/s1. The largest absolute Gasteiger partial charge is 0.507 e. The highest BCUT2D eigenvalue weighted by molar-refractivity contribution is 5.68. The Balaban J connectivity index is 2.02. The van der Waals surface area contributed by atoms with Gasteiger partial charge in [-0.3, -0.25) is 4.68 Å². The minimum absolute atomic E-state index is 0.0424. The van der Waals surface area contributed by atoms with Crippen LogP contribution < -0.4 is 0 Å². The van der Waals surface area contributed by atoms with Crippen molar-refractivity contribution in [3.05, 3.63) is 53.9 Å². The number of aliphatic hydroxyl groups excluding tert-OH is 1. The van der Waals surface area contributed by atoms with Crippen molar-refractivity contribution in [1.29, 1.82) is 0 Å². The summed E-state index contributed by atoms with van der Waals surface area (Å²) in [5.41, 5.74) is 3.80. The highest BCUT2D eigenvalue weighted by Crippen LogP contribution is 2.47. The number of phenolic OH excluding ortho intramolecular Hbond substituents is 2. The number of rotatable bonds is 5. The van der Waals surface area contributed by atoms with Crippen LogP contribution in [-0.2, 0) is 5.54 Å². The van der Waals surface area contributed by atoms with Gasteiger partial charge in [0.05, 0.1) is 18.3 Å². The van der Waals surface area contributed by atoms with E-state index in [4.69, 9.17) is 0 Å². The highest BCUT2D eigenvalue weighted by Gasteiger charge is 2.30. The second-order valence-corrected chi connectivity index (χ2v) is 8.60. The van der Waals surface area contributed by atoms with Crippen molar-refractivity contribution in [3.63, 3.8) is 0 Å². The molecule has 0 aliphatic heterocycles. The van der Waals surface area contributed by atoms with E-state index in [2.05, 4.69) is 24.7 Å². The number of aromatic hydroxyl groups is 2. The molecule has 150 valence electrons. The normalized spacial score (nSPS) is 20.1. The first-order valence-corrected chi connectivity index (χ1v) is 9.69.